The van der Waals surface area contributed by atoms with Gasteiger partial charge in [-0.25, -0.2) is 0 Å². The average molecular weight is 265 g/mol. The van der Waals surface area contributed by atoms with Gasteiger partial charge in [0.05, 0.1) is 0 Å². The number of amides is 1. The molecule has 1 amide bonds. The van der Waals surface area contributed by atoms with E-state index in [4.69, 9.17) is 10.5 Å². The van der Waals surface area contributed by atoms with Crippen LogP contribution in [0.1, 0.15) is 33.1 Å². The third-order valence-corrected chi connectivity index (χ3v) is 3.21. The topological polar surface area (TPSA) is 55.6 Å². The van der Waals surface area contributed by atoms with Crippen LogP contribution in [0.4, 0.5) is 0 Å². The Morgan fingerprint density at radius 3 is 2.53 bits per heavy atom. The average Bonchev–Trinajstić information content (AvgIpc) is 2.29. The molecule has 1 rings (SSSR count). The smallest absolute Gasteiger partial charge is 0.248 e. The van der Waals surface area contributed by atoms with E-state index in [1.807, 2.05) is 18.7 Å². The van der Waals surface area contributed by atoms with Crippen LogP contribution in [0, 0.1) is 5.92 Å². The van der Waals surface area contributed by atoms with Crippen molar-refractivity contribution in [2.45, 2.75) is 39.2 Å². The highest BCUT2D eigenvalue weighted by molar-refractivity contribution is 5.85. The second kappa shape index (κ2) is 8.72. The Hall–Kier alpha value is -0.320. The normalized spacial score (nSPS) is 18.6. The Morgan fingerprint density at radius 1 is 1.47 bits per heavy atom. The lowest BCUT2D eigenvalue weighted by atomic mass is 9.91. The Balaban J connectivity index is 0.00000256. The summed E-state index contributed by atoms with van der Waals surface area (Å²) in [5, 5.41) is 0. The molecule has 1 aliphatic rings. The third-order valence-electron chi connectivity index (χ3n) is 3.21. The van der Waals surface area contributed by atoms with E-state index in [1.54, 1.807) is 0 Å². The van der Waals surface area contributed by atoms with Gasteiger partial charge in [0.15, 0.2) is 0 Å². The van der Waals surface area contributed by atoms with Crippen molar-refractivity contribution in [1.29, 1.82) is 0 Å². The molecule has 0 radical (unpaired) electrons. The summed E-state index contributed by atoms with van der Waals surface area (Å²) in [5.41, 5.74) is 5.86. The zero-order valence-electron chi connectivity index (χ0n) is 10.9. The van der Waals surface area contributed by atoms with E-state index in [-0.39, 0.29) is 31.0 Å². The highest BCUT2D eigenvalue weighted by Crippen LogP contribution is 2.19. The number of hydrogen-bond acceptors (Lipinski definition) is 3. The van der Waals surface area contributed by atoms with Gasteiger partial charge in [-0.15, -0.1) is 12.4 Å². The lowest BCUT2D eigenvalue weighted by Gasteiger charge is -2.33. The fraction of sp³-hybridized carbons (Fsp3) is 0.917. The fourth-order valence-corrected chi connectivity index (χ4v) is 2.07. The molecule has 1 saturated heterocycles. The largest absolute Gasteiger partial charge is 0.372 e. The number of carbonyl (C=O) groups excluding carboxylic acids is 1. The van der Waals surface area contributed by atoms with Crippen molar-refractivity contribution in [2.24, 2.45) is 11.7 Å². The summed E-state index contributed by atoms with van der Waals surface area (Å²) in [6.07, 6.45) is 3.01. The molecular weight excluding hydrogens is 240 g/mol. The lowest BCUT2D eigenvalue weighted by molar-refractivity contribution is -0.137. The molecule has 1 fully saturated rings. The molecule has 0 aromatic rings. The summed E-state index contributed by atoms with van der Waals surface area (Å²) in [6.45, 7) is 6.66. The molecular formula is C12H25ClN2O2. The molecule has 1 heterocycles. The van der Waals surface area contributed by atoms with Gasteiger partial charge in [-0.2, -0.15) is 0 Å². The molecule has 0 bridgehead atoms. The van der Waals surface area contributed by atoms with Gasteiger partial charge in [0.1, 0.15) is 6.61 Å². The van der Waals surface area contributed by atoms with Gasteiger partial charge in [-0.3, -0.25) is 4.79 Å². The number of nitrogens with zero attached hydrogens (tertiary/aromatic N) is 1. The SMILES string of the molecule is CCCOCC(=O)N1CCC(C(C)N)CC1.Cl. The Labute approximate surface area is 110 Å². The minimum Gasteiger partial charge on any atom is -0.372 e. The molecule has 1 atom stereocenters. The van der Waals surface area contributed by atoms with E-state index >= 15 is 0 Å². The van der Waals surface area contributed by atoms with Crippen molar-refractivity contribution in [3.63, 3.8) is 0 Å². The van der Waals surface area contributed by atoms with Crippen LogP contribution in [-0.4, -0.2) is 43.2 Å². The molecule has 1 aliphatic heterocycles. The highest BCUT2D eigenvalue weighted by atomic mass is 35.5. The van der Waals surface area contributed by atoms with E-state index in [0.717, 1.165) is 32.4 Å². The second-order valence-electron chi connectivity index (χ2n) is 4.63. The van der Waals surface area contributed by atoms with Gasteiger partial charge < -0.3 is 15.4 Å². The van der Waals surface area contributed by atoms with E-state index in [9.17, 15) is 4.79 Å². The highest BCUT2D eigenvalue weighted by Gasteiger charge is 2.24. The minimum absolute atomic E-state index is 0. The quantitative estimate of drug-likeness (QED) is 0.764. The number of hydrogen-bond donors (Lipinski definition) is 1. The third kappa shape index (κ3) is 5.70. The molecule has 2 N–H and O–H groups in total. The molecule has 0 spiro atoms. The number of ether oxygens (including phenoxy) is 1. The van der Waals surface area contributed by atoms with Crippen LogP contribution in [-0.2, 0) is 9.53 Å². The van der Waals surface area contributed by atoms with Gasteiger partial charge in [-0.1, -0.05) is 6.92 Å². The van der Waals surface area contributed by atoms with Crippen LogP contribution >= 0.6 is 12.4 Å². The zero-order valence-corrected chi connectivity index (χ0v) is 11.7. The lowest BCUT2D eigenvalue weighted by Crippen LogP contribution is -2.43. The zero-order chi connectivity index (χ0) is 12.0. The molecule has 102 valence electrons. The van der Waals surface area contributed by atoms with Crippen LogP contribution < -0.4 is 5.73 Å². The number of rotatable bonds is 5. The molecule has 0 aromatic heterocycles. The minimum atomic E-state index is 0. The molecule has 0 aliphatic carbocycles. The monoisotopic (exact) mass is 264 g/mol. The van der Waals surface area contributed by atoms with Crippen molar-refractivity contribution in [1.82, 2.24) is 4.90 Å². The molecule has 4 nitrogen and oxygen atoms in total. The number of piperidine rings is 1. The summed E-state index contributed by atoms with van der Waals surface area (Å²) in [4.78, 5) is 13.6. The Morgan fingerprint density at radius 2 is 2.06 bits per heavy atom. The van der Waals surface area contributed by atoms with E-state index in [0.29, 0.717) is 12.5 Å². The first-order valence-corrected chi connectivity index (χ1v) is 6.26. The van der Waals surface area contributed by atoms with Gasteiger partial charge >= 0.3 is 0 Å². The van der Waals surface area contributed by atoms with Crippen LogP contribution in [0.2, 0.25) is 0 Å². The summed E-state index contributed by atoms with van der Waals surface area (Å²) in [5.74, 6) is 0.692. The summed E-state index contributed by atoms with van der Waals surface area (Å²) in [6, 6.07) is 0.244. The Bertz CT molecular complexity index is 217. The van der Waals surface area contributed by atoms with Crippen LogP contribution in [0.5, 0.6) is 0 Å². The first kappa shape index (κ1) is 16.7. The second-order valence-corrected chi connectivity index (χ2v) is 4.63. The van der Waals surface area contributed by atoms with E-state index in [1.165, 1.54) is 0 Å². The maximum atomic E-state index is 11.7. The molecule has 1 unspecified atom stereocenters. The van der Waals surface area contributed by atoms with Crippen molar-refractivity contribution < 1.29 is 9.53 Å². The number of halogens is 1. The maximum absolute atomic E-state index is 11.7. The number of carbonyl (C=O) groups is 1. The summed E-state index contributed by atoms with van der Waals surface area (Å²) < 4.78 is 5.26. The van der Waals surface area contributed by atoms with Gasteiger partial charge in [0.25, 0.3) is 0 Å². The first-order valence-electron chi connectivity index (χ1n) is 6.26. The van der Waals surface area contributed by atoms with Gasteiger partial charge in [0, 0.05) is 25.7 Å². The summed E-state index contributed by atoms with van der Waals surface area (Å²) >= 11 is 0. The molecule has 0 aromatic carbocycles. The fourth-order valence-electron chi connectivity index (χ4n) is 2.07. The van der Waals surface area contributed by atoms with E-state index in [2.05, 4.69) is 0 Å². The van der Waals surface area contributed by atoms with Crippen molar-refractivity contribution in [3.8, 4) is 0 Å². The first-order chi connectivity index (χ1) is 7.65. The van der Waals surface area contributed by atoms with Crippen LogP contribution in [0.25, 0.3) is 0 Å². The maximum Gasteiger partial charge on any atom is 0.248 e. The van der Waals surface area contributed by atoms with Crippen LogP contribution in [0.3, 0.4) is 0 Å². The summed E-state index contributed by atoms with van der Waals surface area (Å²) in [7, 11) is 0. The van der Waals surface area contributed by atoms with E-state index < -0.39 is 0 Å². The van der Waals surface area contributed by atoms with Crippen molar-refractivity contribution in [2.75, 3.05) is 26.3 Å². The standard InChI is InChI=1S/C12H24N2O2.ClH/c1-3-8-16-9-12(15)14-6-4-11(5-7-14)10(2)13;/h10-11H,3-9,13H2,1-2H3;1H. The van der Waals surface area contributed by atoms with Gasteiger partial charge in [0.2, 0.25) is 5.91 Å². The Kier molecular flexibility index (Phi) is 8.56. The molecule has 5 heteroatoms. The predicted molar refractivity (Wildman–Crippen MR) is 71.3 cm³/mol. The molecule has 17 heavy (non-hydrogen) atoms. The van der Waals surface area contributed by atoms with Crippen LogP contribution in [0.15, 0.2) is 0 Å². The van der Waals surface area contributed by atoms with Crippen molar-refractivity contribution in [3.05, 3.63) is 0 Å². The predicted octanol–water partition coefficient (Wildman–Crippen LogP) is 1.42. The number of likely N-dealkylation sites (tertiary alicyclic amines) is 1. The van der Waals surface area contributed by atoms with Crippen molar-refractivity contribution >= 4 is 18.3 Å². The van der Waals surface area contributed by atoms with Gasteiger partial charge in [-0.05, 0) is 32.1 Å². The number of nitrogens with two attached hydrogens (primary N) is 1. The molecule has 0 saturated carbocycles.